The zero-order valence-electron chi connectivity index (χ0n) is 14.1. The number of para-hydroxylation sites is 1. The van der Waals surface area contributed by atoms with Gasteiger partial charge in [-0.2, -0.15) is 0 Å². The first-order chi connectivity index (χ1) is 11.7. The number of carbonyl (C=O) groups excluding carboxylic acids is 1. The molecule has 4 heteroatoms. The Balaban J connectivity index is 1.72. The zero-order chi connectivity index (χ0) is 17.2. The second-order valence-electron chi connectivity index (χ2n) is 5.24. The molecule has 0 atom stereocenters. The van der Waals surface area contributed by atoms with Gasteiger partial charge in [0.1, 0.15) is 18.1 Å². The van der Waals surface area contributed by atoms with Crippen LogP contribution in [0.2, 0.25) is 0 Å². The number of hydrogen-bond donors (Lipinski definition) is 1. The van der Waals surface area contributed by atoms with E-state index in [4.69, 9.17) is 9.47 Å². The predicted octanol–water partition coefficient (Wildman–Crippen LogP) is 3.60. The van der Waals surface area contributed by atoms with Crippen LogP contribution >= 0.6 is 0 Å². The van der Waals surface area contributed by atoms with Crippen molar-refractivity contribution < 1.29 is 14.3 Å². The quantitative estimate of drug-likeness (QED) is 0.596. The van der Waals surface area contributed by atoms with Crippen LogP contribution in [0.5, 0.6) is 11.5 Å². The Morgan fingerprint density at radius 1 is 1.08 bits per heavy atom. The van der Waals surface area contributed by atoms with Crippen molar-refractivity contribution in [1.29, 1.82) is 0 Å². The monoisotopic (exact) mass is 325 g/mol. The number of aryl methyl sites for hydroxylation is 1. The molecule has 0 bridgehead atoms. The fourth-order valence-electron chi connectivity index (χ4n) is 2.13. The molecule has 0 saturated heterocycles. The van der Waals surface area contributed by atoms with Crippen LogP contribution in [-0.2, 0) is 4.79 Å². The van der Waals surface area contributed by atoms with Crippen molar-refractivity contribution >= 4 is 12.0 Å². The van der Waals surface area contributed by atoms with Gasteiger partial charge in [-0.3, -0.25) is 4.79 Å². The van der Waals surface area contributed by atoms with Crippen LogP contribution < -0.4 is 14.8 Å². The molecule has 2 aromatic rings. The number of ether oxygens (including phenoxy) is 2. The lowest BCUT2D eigenvalue weighted by molar-refractivity contribution is -0.116. The van der Waals surface area contributed by atoms with E-state index in [1.165, 1.54) is 6.08 Å². The van der Waals surface area contributed by atoms with Crippen molar-refractivity contribution in [3.63, 3.8) is 0 Å². The smallest absolute Gasteiger partial charge is 0.244 e. The summed E-state index contributed by atoms with van der Waals surface area (Å²) in [5.74, 6) is 1.53. The SMILES string of the molecule is CCOc1ccc(/C=C/C(=O)NCCOc2ccccc2C)cc1. The Bertz CT molecular complexity index is 678. The molecule has 0 heterocycles. The maximum absolute atomic E-state index is 11.8. The van der Waals surface area contributed by atoms with Crippen molar-refractivity contribution in [3.8, 4) is 11.5 Å². The first-order valence-corrected chi connectivity index (χ1v) is 8.06. The number of nitrogens with one attached hydrogen (secondary N) is 1. The van der Waals surface area contributed by atoms with Crippen LogP contribution in [0.4, 0.5) is 0 Å². The van der Waals surface area contributed by atoms with Crippen molar-refractivity contribution in [2.24, 2.45) is 0 Å². The summed E-state index contributed by atoms with van der Waals surface area (Å²) in [6.07, 6.45) is 3.29. The van der Waals surface area contributed by atoms with Gasteiger partial charge >= 0.3 is 0 Å². The van der Waals surface area contributed by atoms with E-state index in [2.05, 4.69) is 5.32 Å². The predicted molar refractivity (Wildman–Crippen MR) is 96.3 cm³/mol. The van der Waals surface area contributed by atoms with Crippen molar-refractivity contribution in [1.82, 2.24) is 5.32 Å². The summed E-state index contributed by atoms with van der Waals surface area (Å²) in [5.41, 5.74) is 2.03. The number of amides is 1. The van der Waals surface area contributed by atoms with Gasteiger partial charge in [0.15, 0.2) is 0 Å². The normalized spacial score (nSPS) is 10.6. The standard InChI is InChI=1S/C20H23NO3/c1-3-23-18-11-8-17(9-12-18)10-13-20(22)21-14-15-24-19-7-5-4-6-16(19)2/h4-13H,3,14-15H2,1-2H3,(H,21,22)/b13-10+. The second-order valence-corrected chi connectivity index (χ2v) is 5.24. The molecule has 0 aliphatic rings. The van der Waals surface area contributed by atoms with Crippen molar-refractivity contribution in [2.45, 2.75) is 13.8 Å². The highest BCUT2D eigenvalue weighted by Gasteiger charge is 1.99. The average Bonchev–Trinajstić information content (AvgIpc) is 2.60. The van der Waals surface area contributed by atoms with Gasteiger partial charge in [-0.25, -0.2) is 0 Å². The maximum atomic E-state index is 11.8. The molecule has 1 amide bonds. The van der Waals surface area contributed by atoms with Crippen LogP contribution in [0.25, 0.3) is 6.08 Å². The summed E-state index contributed by atoms with van der Waals surface area (Å²) < 4.78 is 11.0. The molecule has 4 nitrogen and oxygen atoms in total. The largest absolute Gasteiger partial charge is 0.494 e. The topological polar surface area (TPSA) is 47.6 Å². The van der Waals surface area contributed by atoms with Crippen LogP contribution in [0, 0.1) is 6.92 Å². The average molecular weight is 325 g/mol. The number of benzene rings is 2. The Morgan fingerprint density at radius 2 is 1.83 bits per heavy atom. The van der Waals surface area contributed by atoms with E-state index in [0.29, 0.717) is 19.8 Å². The van der Waals surface area contributed by atoms with Gasteiger partial charge in [-0.1, -0.05) is 30.3 Å². The molecule has 0 aliphatic carbocycles. The summed E-state index contributed by atoms with van der Waals surface area (Å²) >= 11 is 0. The number of carbonyl (C=O) groups is 1. The Kier molecular flexibility index (Phi) is 6.90. The minimum Gasteiger partial charge on any atom is -0.494 e. The van der Waals surface area contributed by atoms with Crippen LogP contribution in [0.3, 0.4) is 0 Å². The Hall–Kier alpha value is -2.75. The molecule has 0 unspecified atom stereocenters. The Morgan fingerprint density at radius 3 is 2.54 bits per heavy atom. The molecule has 0 aromatic heterocycles. The fraction of sp³-hybridized carbons (Fsp3) is 0.250. The zero-order valence-corrected chi connectivity index (χ0v) is 14.1. The van der Waals surface area contributed by atoms with Crippen molar-refractivity contribution in [3.05, 3.63) is 65.7 Å². The van der Waals surface area contributed by atoms with Gasteiger partial charge in [-0.15, -0.1) is 0 Å². The highest BCUT2D eigenvalue weighted by Crippen LogP contribution is 2.15. The van der Waals surface area contributed by atoms with E-state index in [0.717, 1.165) is 22.6 Å². The summed E-state index contributed by atoms with van der Waals surface area (Å²) in [6.45, 7) is 5.48. The third kappa shape index (κ3) is 5.80. The van der Waals surface area contributed by atoms with E-state index in [-0.39, 0.29) is 5.91 Å². The highest BCUT2D eigenvalue weighted by atomic mass is 16.5. The molecule has 2 aromatic carbocycles. The first kappa shape index (κ1) is 17.6. The van der Waals surface area contributed by atoms with Crippen molar-refractivity contribution in [2.75, 3.05) is 19.8 Å². The van der Waals surface area contributed by atoms with Gasteiger partial charge in [-0.05, 0) is 49.2 Å². The van der Waals surface area contributed by atoms with Gasteiger partial charge in [0.2, 0.25) is 5.91 Å². The molecule has 0 spiro atoms. The molecule has 0 radical (unpaired) electrons. The summed E-state index contributed by atoms with van der Waals surface area (Å²) in [6, 6.07) is 15.4. The molecule has 2 rings (SSSR count). The maximum Gasteiger partial charge on any atom is 0.244 e. The molecular formula is C20H23NO3. The number of rotatable bonds is 8. The minimum absolute atomic E-state index is 0.141. The third-order valence-electron chi connectivity index (χ3n) is 3.37. The van der Waals surface area contributed by atoms with Crippen LogP contribution in [-0.4, -0.2) is 25.7 Å². The minimum atomic E-state index is -0.141. The van der Waals surface area contributed by atoms with E-state index in [1.807, 2.05) is 62.4 Å². The number of hydrogen-bond acceptors (Lipinski definition) is 3. The van der Waals surface area contributed by atoms with E-state index in [9.17, 15) is 4.79 Å². The fourth-order valence-corrected chi connectivity index (χ4v) is 2.13. The molecule has 1 N–H and O–H groups in total. The summed E-state index contributed by atoms with van der Waals surface area (Å²) in [7, 11) is 0. The highest BCUT2D eigenvalue weighted by molar-refractivity contribution is 5.91. The Labute approximate surface area is 143 Å². The molecule has 126 valence electrons. The molecule has 0 saturated carbocycles. The summed E-state index contributed by atoms with van der Waals surface area (Å²) in [4.78, 5) is 11.8. The van der Waals surface area contributed by atoms with Crippen LogP contribution in [0.1, 0.15) is 18.1 Å². The molecule has 24 heavy (non-hydrogen) atoms. The van der Waals surface area contributed by atoms with E-state index >= 15 is 0 Å². The lowest BCUT2D eigenvalue weighted by Gasteiger charge is -2.08. The van der Waals surface area contributed by atoms with Gasteiger partial charge in [0.05, 0.1) is 13.2 Å². The molecule has 0 fully saturated rings. The summed E-state index contributed by atoms with van der Waals surface area (Å²) in [5, 5.41) is 2.80. The lowest BCUT2D eigenvalue weighted by atomic mass is 10.2. The molecular weight excluding hydrogens is 302 g/mol. The van der Waals surface area contributed by atoms with Gasteiger partial charge in [0.25, 0.3) is 0 Å². The third-order valence-corrected chi connectivity index (χ3v) is 3.37. The first-order valence-electron chi connectivity index (χ1n) is 8.06. The second kappa shape index (κ2) is 9.40. The van der Waals surface area contributed by atoms with Crippen LogP contribution in [0.15, 0.2) is 54.6 Å². The lowest BCUT2D eigenvalue weighted by Crippen LogP contribution is -2.26. The van der Waals surface area contributed by atoms with E-state index < -0.39 is 0 Å². The molecule has 0 aliphatic heterocycles. The van der Waals surface area contributed by atoms with E-state index in [1.54, 1.807) is 6.08 Å². The van der Waals surface area contributed by atoms with Gasteiger partial charge < -0.3 is 14.8 Å². The van der Waals surface area contributed by atoms with Gasteiger partial charge in [0, 0.05) is 6.08 Å².